The van der Waals surface area contributed by atoms with Gasteiger partial charge in [0.2, 0.25) is 10.0 Å². The second kappa shape index (κ2) is 9.32. The first-order chi connectivity index (χ1) is 17.5. The zero-order chi connectivity index (χ0) is 26.5. The van der Waals surface area contributed by atoms with Gasteiger partial charge < -0.3 is 9.64 Å². The van der Waals surface area contributed by atoms with Gasteiger partial charge in [-0.05, 0) is 42.9 Å². The van der Waals surface area contributed by atoms with Crippen molar-refractivity contribution in [3.63, 3.8) is 0 Å². The van der Waals surface area contributed by atoms with E-state index in [4.69, 9.17) is 4.74 Å². The minimum Gasteiger partial charge on any atom is -0.444 e. The van der Waals surface area contributed by atoms with Crippen molar-refractivity contribution in [3.05, 3.63) is 64.7 Å². The number of anilines is 1. The number of amides is 2. The van der Waals surface area contributed by atoms with Crippen LogP contribution in [0.25, 0.3) is 0 Å². The van der Waals surface area contributed by atoms with Gasteiger partial charge in [0.15, 0.2) is 5.37 Å². The van der Waals surface area contributed by atoms with Crippen molar-refractivity contribution < 1.29 is 35.9 Å². The summed E-state index contributed by atoms with van der Waals surface area (Å²) in [5.41, 5.74) is 3.28. The molecule has 0 bridgehead atoms. The Bertz CT molecular complexity index is 1340. The Balaban J connectivity index is 1.42. The summed E-state index contributed by atoms with van der Waals surface area (Å²) in [5.74, 6) is -2.17. The van der Waals surface area contributed by atoms with Crippen LogP contribution in [0.2, 0.25) is 0 Å². The summed E-state index contributed by atoms with van der Waals surface area (Å²) in [6, 6.07) is 11.7. The van der Waals surface area contributed by atoms with E-state index in [0.29, 0.717) is 10.5 Å². The maximum atomic E-state index is 13.8. The number of aryl methyl sites for hydroxylation is 1. The molecular formula is C25H26F3N3O5S. The van der Waals surface area contributed by atoms with Crippen molar-refractivity contribution in [3.8, 4) is 0 Å². The number of hydrogen-bond acceptors (Lipinski definition) is 5. The first-order valence-electron chi connectivity index (χ1n) is 12.0. The van der Waals surface area contributed by atoms with E-state index in [1.165, 1.54) is 6.07 Å². The number of alkyl halides is 3. The highest BCUT2D eigenvalue weighted by Crippen LogP contribution is 2.40. The fourth-order valence-corrected chi connectivity index (χ4v) is 7.61. The predicted molar refractivity (Wildman–Crippen MR) is 128 cm³/mol. The first kappa shape index (κ1) is 25.5. The summed E-state index contributed by atoms with van der Waals surface area (Å²) < 4.78 is 74.3. The molecule has 0 aliphatic carbocycles. The second-order valence-electron chi connectivity index (χ2n) is 9.48. The molecule has 37 heavy (non-hydrogen) atoms. The third-order valence-corrected chi connectivity index (χ3v) is 9.43. The molecule has 1 saturated heterocycles. The number of sulfonamides is 1. The molecule has 1 unspecified atom stereocenters. The summed E-state index contributed by atoms with van der Waals surface area (Å²) in [7, 11) is -4.39. The summed E-state index contributed by atoms with van der Waals surface area (Å²) in [4.78, 5) is 27.0. The molecule has 1 fully saturated rings. The second-order valence-corrected chi connectivity index (χ2v) is 11.5. The quantitative estimate of drug-likeness (QED) is 0.593. The van der Waals surface area contributed by atoms with E-state index in [-0.39, 0.29) is 57.1 Å². The van der Waals surface area contributed by atoms with Crippen LogP contribution in [0.3, 0.4) is 0 Å². The van der Waals surface area contributed by atoms with Crippen LogP contribution in [-0.4, -0.2) is 61.5 Å². The SMILES string of the molecule is Cc1cccc2c1N(C1CCN(S(=O)(=O)C3c4ccccc4CCN3C(=O)C(F)(F)F)CC1)C(=O)OC2. The minimum absolute atomic E-state index is 0.00922. The van der Waals surface area contributed by atoms with Crippen LogP contribution in [0, 0.1) is 6.92 Å². The van der Waals surface area contributed by atoms with E-state index >= 15 is 0 Å². The van der Waals surface area contributed by atoms with Crippen molar-refractivity contribution in [1.29, 1.82) is 0 Å². The van der Waals surface area contributed by atoms with Crippen LogP contribution in [0.5, 0.6) is 0 Å². The van der Waals surface area contributed by atoms with Crippen LogP contribution in [0.1, 0.15) is 40.5 Å². The van der Waals surface area contributed by atoms with E-state index < -0.39 is 33.6 Å². The molecule has 0 spiro atoms. The third-order valence-electron chi connectivity index (χ3n) is 7.27. The van der Waals surface area contributed by atoms with E-state index in [9.17, 15) is 31.2 Å². The number of fused-ring (bicyclic) bond motifs is 2. The maximum absolute atomic E-state index is 13.8. The van der Waals surface area contributed by atoms with Crippen molar-refractivity contribution in [2.45, 2.75) is 50.4 Å². The number of cyclic esters (lactones) is 1. The highest BCUT2D eigenvalue weighted by Gasteiger charge is 2.51. The maximum Gasteiger partial charge on any atom is 0.471 e. The summed E-state index contributed by atoms with van der Waals surface area (Å²) in [6.45, 7) is 1.67. The standard InChI is InChI=1S/C25H26F3N3O5S/c1-16-5-4-7-18-15-36-24(33)31(21(16)18)19-10-12-29(13-11-19)37(34,35)22-20-8-3-2-6-17(20)9-14-30(22)23(32)25(26,27)28/h2-8,19,22H,9-15H2,1H3. The smallest absolute Gasteiger partial charge is 0.444 e. The monoisotopic (exact) mass is 537 g/mol. The van der Waals surface area contributed by atoms with Crippen LogP contribution < -0.4 is 4.90 Å². The molecule has 5 rings (SSSR count). The molecule has 8 nitrogen and oxygen atoms in total. The molecule has 2 aromatic rings. The van der Waals surface area contributed by atoms with Gasteiger partial charge in [-0.1, -0.05) is 42.5 Å². The molecule has 0 saturated carbocycles. The number of hydrogen-bond donors (Lipinski definition) is 0. The number of para-hydroxylation sites is 1. The number of ether oxygens (including phenoxy) is 1. The Kier molecular flexibility index (Phi) is 6.43. The Hall–Kier alpha value is -3.12. The van der Waals surface area contributed by atoms with Crippen LogP contribution >= 0.6 is 0 Å². The average Bonchev–Trinajstić information content (AvgIpc) is 2.87. The third kappa shape index (κ3) is 4.46. The van der Waals surface area contributed by atoms with Crippen molar-refractivity contribution in [2.24, 2.45) is 0 Å². The highest BCUT2D eigenvalue weighted by atomic mass is 32.2. The molecule has 2 aromatic carbocycles. The van der Waals surface area contributed by atoms with Crippen molar-refractivity contribution in [1.82, 2.24) is 9.21 Å². The zero-order valence-corrected chi connectivity index (χ0v) is 20.9. The number of nitrogens with zero attached hydrogens (tertiary/aromatic N) is 3. The molecule has 0 aromatic heterocycles. The lowest BCUT2D eigenvalue weighted by Gasteiger charge is -2.43. The van der Waals surface area contributed by atoms with Crippen LogP contribution in [-0.2, 0) is 32.6 Å². The highest BCUT2D eigenvalue weighted by molar-refractivity contribution is 7.89. The largest absolute Gasteiger partial charge is 0.471 e. The number of carbonyl (C=O) groups is 2. The zero-order valence-electron chi connectivity index (χ0n) is 20.1. The Morgan fingerprint density at radius 1 is 1.00 bits per heavy atom. The fourth-order valence-electron chi connectivity index (χ4n) is 5.53. The van der Waals surface area contributed by atoms with Gasteiger partial charge in [0.05, 0.1) is 5.69 Å². The summed E-state index contributed by atoms with van der Waals surface area (Å²) >= 11 is 0. The Morgan fingerprint density at radius 3 is 2.38 bits per heavy atom. The van der Waals surface area contributed by atoms with Gasteiger partial charge in [-0.3, -0.25) is 9.69 Å². The molecule has 3 aliphatic heterocycles. The lowest BCUT2D eigenvalue weighted by atomic mass is 9.99. The predicted octanol–water partition coefficient (Wildman–Crippen LogP) is 3.89. The Morgan fingerprint density at radius 2 is 1.68 bits per heavy atom. The number of halogens is 3. The molecule has 1 atom stereocenters. The topological polar surface area (TPSA) is 87.2 Å². The lowest BCUT2D eigenvalue weighted by Crippen LogP contribution is -2.55. The van der Waals surface area contributed by atoms with E-state index in [0.717, 1.165) is 21.1 Å². The van der Waals surface area contributed by atoms with Crippen LogP contribution in [0.15, 0.2) is 42.5 Å². The molecule has 12 heteroatoms. The van der Waals surface area contributed by atoms with Crippen molar-refractivity contribution >= 4 is 27.7 Å². The van der Waals surface area contributed by atoms with Gasteiger partial charge in [0.1, 0.15) is 6.61 Å². The normalized spacial score (nSPS) is 21.3. The van der Waals surface area contributed by atoms with Gasteiger partial charge in [0, 0.05) is 31.2 Å². The number of rotatable bonds is 3. The van der Waals surface area contributed by atoms with E-state index in [1.807, 2.05) is 25.1 Å². The van der Waals surface area contributed by atoms with E-state index in [1.54, 1.807) is 23.1 Å². The molecular weight excluding hydrogens is 511 g/mol. The minimum atomic E-state index is -5.20. The molecule has 0 radical (unpaired) electrons. The Labute approximate surface area is 212 Å². The fraction of sp³-hybridized carbons (Fsp3) is 0.440. The average molecular weight is 538 g/mol. The molecule has 198 valence electrons. The van der Waals surface area contributed by atoms with Gasteiger partial charge >= 0.3 is 18.2 Å². The number of piperidine rings is 1. The van der Waals surface area contributed by atoms with Gasteiger partial charge in [0.25, 0.3) is 0 Å². The lowest BCUT2D eigenvalue weighted by molar-refractivity contribution is -0.186. The van der Waals surface area contributed by atoms with Gasteiger partial charge in [-0.15, -0.1) is 0 Å². The summed E-state index contributed by atoms with van der Waals surface area (Å²) in [5, 5.41) is -1.77. The molecule has 0 N–H and O–H groups in total. The van der Waals surface area contributed by atoms with Gasteiger partial charge in [-0.25, -0.2) is 13.2 Å². The number of benzene rings is 2. The van der Waals surface area contributed by atoms with Crippen LogP contribution in [0.4, 0.5) is 23.7 Å². The van der Waals surface area contributed by atoms with Crippen molar-refractivity contribution in [2.75, 3.05) is 24.5 Å². The summed E-state index contributed by atoms with van der Waals surface area (Å²) in [6.07, 6.45) is -5.05. The molecule has 3 aliphatic rings. The van der Waals surface area contributed by atoms with Gasteiger partial charge in [-0.2, -0.15) is 17.5 Å². The molecule has 2 amide bonds. The first-order valence-corrected chi connectivity index (χ1v) is 13.5. The number of carbonyl (C=O) groups excluding carboxylic acids is 2. The van der Waals surface area contributed by atoms with E-state index in [2.05, 4.69) is 0 Å². The molecule has 3 heterocycles.